The molecule has 1 fully saturated rings. The van der Waals surface area contributed by atoms with Gasteiger partial charge in [0, 0.05) is 30.2 Å². The molecule has 1 saturated heterocycles. The number of hydrogen-bond donors (Lipinski definition) is 0. The van der Waals surface area contributed by atoms with Crippen LogP contribution >= 0.6 is 0 Å². The molecule has 0 aliphatic carbocycles. The van der Waals surface area contributed by atoms with Gasteiger partial charge in [0.1, 0.15) is 5.75 Å². The van der Waals surface area contributed by atoms with Crippen molar-refractivity contribution in [2.75, 3.05) is 20.2 Å². The van der Waals surface area contributed by atoms with Gasteiger partial charge in [0.05, 0.1) is 18.5 Å². The van der Waals surface area contributed by atoms with E-state index in [1.807, 2.05) is 36.5 Å². The number of aromatic nitrogens is 3. The molecule has 0 amide bonds. The molecule has 4 aromatic rings. The van der Waals surface area contributed by atoms with E-state index < -0.39 is 0 Å². The number of rotatable bonds is 5. The van der Waals surface area contributed by atoms with Crippen LogP contribution in [0, 0.1) is 0 Å². The van der Waals surface area contributed by atoms with E-state index in [1.54, 1.807) is 7.11 Å². The number of pyridine rings is 1. The van der Waals surface area contributed by atoms with Crippen LogP contribution in [0.3, 0.4) is 0 Å². The van der Waals surface area contributed by atoms with Gasteiger partial charge in [-0.3, -0.25) is 9.88 Å². The maximum absolute atomic E-state index is 5.60. The lowest BCUT2D eigenvalue weighted by Gasteiger charge is -2.15. The molecule has 1 aliphatic heterocycles. The summed E-state index contributed by atoms with van der Waals surface area (Å²) in [4.78, 5) is 11.5. The topological polar surface area (TPSA) is 64.3 Å². The highest BCUT2D eigenvalue weighted by atomic mass is 16.5. The highest BCUT2D eigenvalue weighted by Crippen LogP contribution is 2.29. The maximum atomic E-state index is 5.60. The van der Waals surface area contributed by atoms with Gasteiger partial charge in [0.2, 0.25) is 11.7 Å². The molecule has 29 heavy (non-hydrogen) atoms. The lowest BCUT2D eigenvalue weighted by molar-refractivity contribution is 0.309. The highest BCUT2D eigenvalue weighted by Gasteiger charge is 2.28. The predicted octanol–water partition coefficient (Wildman–Crippen LogP) is 4.28. The number of hydrogen-bond acceptors (Lipinski definition) is 6. The van der Waals surface area contributed by atoms with Gasteiger partial charge >= 0.3 is 0 Å². The van der Waals surface area contributed by atoms with Crippen LogP contribution in [0.2, 0.25) is 0 Å². The molecular formula is C23H22N4O2. The van der Waals surface area contributed by atoms with Gasteiger partial charge in [-0.1, -0.05) is 29.4 Å². The highest BCUT2D eigenvalue weighted by molar-refractivity contribution is 5.78. The number of methoxy groups -OCH3 is 1. The Morgan fingerprint density at radius 1 is 1.14 bits per heavy atom. The Kier molecular flexibility index (Phi) is 4.69. The van der Waals surface area contributed by atoms with Crippen molar-refractivity contribution < 1.29 is 9.26 Å². The standard InChI is InChI=1S/C23H22N4O2/c1-28-20-6-2-4-18(13-20)22-25-23(29-26-22)19-9-11-27(15-19)14-16-7-8-21-17(12-16)5-3-10-24-21/h2-8,10,12-13,19H,9,11,14-15H2,1H3/t19-/m1/s1. The van der Waals surface area contributed by atoms with E-state index in [0.29, 0.717) is 11.7 Å². The zero-order valence-electron chi connectivity index (χ0n) is 16.3. The zero-order chi connectivity index (χ0) is 19.6. The second-order valence-electron chi connectivity index (χ2n) is 7.44. The average molecular weight is 386 g/mol. The zero-order valence-corrected chi connectivity index (χ0v) is 16.3. The minimum atomic E-state index is 0.268. The molecule has 2 aromatic heterocycles. The summed E-state index contributed by atoms with van der Waals surface area (Å²) in [6, 6.07) is 18.3. The van der Waals surface area contributed by atoms with Gasteiger partial charge in [-0.15, -0.1) is 0 Å². The molecular weight excluding hydrogens is 364 g/mol. The van der Waals surface area contributed by atoms with E-state index in [2.05, 4.69) is 44.3 Å². The van der Waals surface area contributed by atoms with Crippen molar-refractivity contribution in [2.45, 2.75) is 18.9 Å². The van der Waals surface area contributed by atoms with Crippen molar-refractivity contribution in [3.8, 4) is 17.1 Å². The van der Waals surface area contributed by atoms with Crippen LogP contribution in [-0.4, -0.2) is 40.2 Å². The summed E-state index contributed by atoms with van der Waals surface area (Å²) >= 11 is 0. The summed E-state index contributed by atoms with van der Waals surface area (Å²) in [6.45, 7) is 2.86. The molecule has 0 radical (unpaired) electrons. The Morgan fingerprint density at radius 3 is 3.03 bits per heavy atom. The van der Waals surface area contributed by atoms with E-state index >= 15 is 0 Å². The number of likely N-dealkylation sites (tertiary alicyclic amines) is 1. The summed E-state index contributed by atoms with van der Waals surface area (Å²) in [6.07, 6.45) is 2.85. The van der Waals surface area contributed by atoms with E-state index in [4.69, 9.17) is 9.26 Å². The van der Waals surface area contributed by atoms with Crippen molar-refractivity contribution >= 4 is 10.9 Å². The maximum Gasteiger partial charge on any atom is 0.231 e. The second kappa shape index (κ2) is 7.64. The Balaban J connectivity index is 1.27. The second-order valence-corrected chi connectivity index (χ2v) is 7.44. The first kappa shape index (κ1) is 17.8. The van der Waals surface area contributed by atoms with E-state index in [-0.39, 0.29) is 5.92 Å². The van der Waals surface area contributed by atoms with E-state index in [0.717, 1.165) is 42.9 Å². The van der Waals surface area contributed by atoms with Crippen LogP contribution in [0.5, 0.6) is 5.75 Å². The average Bonchev–Trinajstić information content (AvgIpc) is 3.43. The number of benzene rings is 2. The summed E-state index contributed by atoms with van der Waals surface area (Å²) in [5.41, 5.74) is 3.24. The third kappa shape index (κ3) is 3.71. The van der Waals surface area contributed by atoms with Crippen LogP contribution in [0.25, 0.3) is 22.3 Å². The molecule has 0 saturated carbocycles. The molecule has 0 bridgehead atoms. The smallest absolute Gasteiger partial charge is 0.231 e. The molecule has 1 atom stereocenters. The molecule has 0 N–H and O–H groups in total. The summed E-state index contributed by atoms with van der Waals surface area (Å²) in [5.74, 6) is 2.38. The number of fused-ring (bicyclic) bond motifs is 1. The first-order valence-corrected chi connectivity index (χ1v) is 9.82. The van der Waals surface area contributed by atoms with Crippen LogP contribution in [0.15, 0.2) is 65.3 Å². The number of ether oxygens (including phenoxy) is 1. The van der Waals surface area contributed by atoms with Gasteiger partial charge < -0.3 is 9.26 Å². The van der Waals surface area contributed by atoms with Crippen molar-refractivity contribution in [1.82, 2.24) is 20.0 Å². The fourth-order valence-corrected chi connectivity index (χ4v) is 3.94. The van der Waals surface area contributed by atoms with Crippen molar-refractivity contribution in [1.29, 1.82) is 0 Å². The summed E-state index contributed by atoms with van der Waals surface area (Å²) in [7, 11) is 1.65. The van der Waals surface area contributed by atoms with Crippen molar-refractivity contribution in [3.63, 3.8) is 0 Å². The Labute approximate surface area is 169 Å². The Bertz CT molecular complexity index is 1140. The van der Waals surface area contributed by atoms with Gasteiger partial charge in [0.25, 0.3) is 0 Å². The summed E-state index contributed by atoms with van der Waals surface area (Å²) < 4.78 is 10.9. The van der Waals surface area contributed by atoms with Gasteiger partial charge in [-0.25, -0.2) is 0 Å². The quantitative estimate of drug-likeness (QED) is 0.510. The first-order valence-electron chi connectivity index (χ1n) is 9.82. The van der Waals surface area contributed by atoms with Crippen LogP contribution in [-0.2, 0) is 6.54 Å². The fourth-order valence-electron chi connectivity index (χ4n) is 3.94. The SMILES string of the molecule is COc1cccc(-c2noc([C@@H]3CCN(Cc4ccc5ncccc5c4)C3)n2)c1. The minimum Gasteiger partial charge on any atom is -0.497 e. The van der Waals surface area contributed by atoms with E-state index in [1.165, 1.54) is 10.9 Å². The largest absolute Gasteiger partial charge is 0.497 e. The molecule has 0 unspecified atom stereocenters. The molecule has 6 nitrogen and oxygen atoms in total. The van der Waals surface area contributed by atoms with Crippen LogP contribution in [0.1, 0.15) is 23.8 Å². The minimum absolute atomic E-state index is 0.268. The monoisotopic (exact) mass is 386 g/mol. The Morgan fingerprint density at radius 2 is 2.10 bits per heavy atom. The van der Waals surface area contributed by atoms with E-state index in [9.17, 15) is 0 Å². The van der Waals surface area contributed by atoms with Gasteiger partial charge in [0.15, 0.2) is 0 Å². The van der Waals surface area contributed by atoms with Gasteiger partial charge in [-0.05, 0) is 48.9 Å². The molecule has 6 heteroatoms. The first-order chi connectivity index (χ1) is 14.3. The van der Waals surface area contributed by atoms with Crippen LogP contribution in [0.4, 0.5) is 0 Å². The molecule has 0 spiro atoms. The summed E-state index contributed by atoms with van der Waals surface area (Å²) in [5, 5.41) is 5.36. The predicted molar refractivity (Wildman–Crippen MR) is 111 cm³/mol. The van der Waals surface area contributed by atoms with Crippen molar-refractivity contribution in [3.05, 3.63) is 72.2 Å². The lowest BCUT2D eigenvalue weighted by atomic mass is 10.1. The third-order valence-electron chi connectivity index (χ3n) is 5.46. The van der Waals surface area contributed by atoms with Crippen molar-refractivity contribution in [2.24, 2.45) is 0 Å². The molecule has 2 aromatic carbocycles. The molecule has 5 rings (SSSR count). The molecule has 146 valence electrons. The third-order valence-corrected chi connectivity index (χ3v) is 5.46. The van der Waals surface area contributed by atoms with Gasteiger partial charge in [-0.2, -0.15) is 4.98 Å². The fraction of sp³-hybridized carbons (Fsp3) is 0.261. The number of nitrogens with zero attached hydrogens (tertiary/aromatic N) is 4. The van der Waals surface area contributed by atoms with Crippen LogP contribution < -0.4 is 4.74 Å². The molecule has 1 aliphatic rings. The molecule has 3 heterocycles. The Hall–Kier alpha value is -3.25. The lowest BCUT2D eigenvalue weighted by Crippen LogP contribution is -2.19. The normalized spacial score (nSPS) is 17.1.